The number of rotatable bonds is 9. The minimum Gasteiger partial charge on any atom is -0.497 e. The van der Waals surface area contributed by atoms with Crippen LogP contribution in [0.15, 0.2) is 24.3 Å². The first-order chi connectivity index (χ1) is 13.4. The highest BCUT2D eigenvalue weighted by atomic mass is 16.6. The number of hydrogen-bond donors (Lipinski definition) is 2. The summed E-state index contributed by atoms with van der Waals surface area (Å²) < 4.78 is 16.4. The van der Waals surface area contributed by atoms with Crippen molar-refractivity contribution in [2.45, 2.75) is 63.4 Å². The minimum atomic E-state index is -1.17. The van der Waals surface area contributed by atoms with Gasteiger partial charge in [-0.15, -0.1) is 0 Å². The van der Waals surface area contributed by atoms with E-state index in [0.717, 1.165) is 37.0 Å². The molecule has 0 bridgehead atoms. The number of methoxy groups -OCH3 is 1. The molecule has 0 radical (unpaired) electrons. The second kappa shape index (κ2) is 8.92. The van der Waals surface area contributed by atoms with E-state index in [2.05, 4.69) is 5.32 Å². The van der Waals surface area contributed by atoms with Gasteiger partial charge in [-0.3, -0.25) is 4.79 Å². The Morgan fingerprint density at radius 1 is 1.25 bits per heavy atom. The molecule has 1 saturated heterocycles. The van der Waals surface area contributed by atoms with Crippen molar-refractivity contribution in [3.63, 3.8) is 0 Å². The zero-order chi connectivity index (χ0) is 20.1. The maximum Gasteiger partial charge on any atom is 0.405 e. The molecule has 7 heteroatoms. The van der Waals surface area contributed by atoms with Gasteiger partial charge in [0.05, 0.1) is 32.5 Å². The molecule has 2 unspecified atom stereocenters. The van der Waals surface area contributed by atoms with Crippen molar-refractivity contribution in [2.24, 2.45) is 5.92 Å². The predicted molar refractivity (Wildman–Crippen MR) is 102 cm³/mol. The molecule has 1 aliphatic heterocycles. The van der Waals surface area contributed by atoms with Crippen molar-refractivity contribution < 1.29 is 28.9 Å². The van der Waals surface area contributed by atoms with Crippen molar-refractivity contribution in [1.29, 1.82) is 0 Å². The molecule has 2 N–H and O–H groups in total. The Labute approximate surface area is 165 Å². The number of amides is 1. The number of epoxide rings is 1. The van der Waals surface area contributed by atoms with Crippen LogP contribution in [0.5, 0.6) is 5.75 Å². The zero-order valence-corrected chi connectivity index (χ0v) is 16.5. The van der Waals surface area contributed by atoms with Gasteiger partial charge in [0.2, 0.25) is 0 Å². The second-order valence-electron chi connectivity index (χ2n) is 7.92. The molecule has 154 valence electrons. The molecular formula is C21H29NO6. The van der Waals surface area contributed by atoms with Crippen LogP contribution in [-0.2, 0) is 20.9 Å². The molecule has 1 saturated carbocycles. The lowest BCUT2D eigenvalue weighted by atomic mass is 9.81. The van der Waals surface area contributed by atoms with Crippen LogP contribution in [0.4, 0.5) is 4.79 Å². The van der Waals surface area contributed by atoms with Crippen LogP contribution in [0.3, 0.4) is 0 Å². The molecule has 2 aliphatic rings. The monoisotopic (exact) mass is 391 g/mol. The minimum absolute atomic E-state index is 0.159. The van der Waals surface area contributed by atoms with Crippen molar-refractivity contribution in [2.75, 3.05) is 13.7 Å². The van der Waals surface area contributed by atoms with Gasteiger partial charge in [-0.1, -0.05) is 12.1 Å². The number of hydrogen-bond acceptors (Lipinski definition) is 5. The first-order valence-corrected chi connectivity index (χ1v) is 9.82. The fraction of sp³-hybridized carbons (Fsp3) is 0.619. The topological polar surface area (TPSA) is 97.4 Å². The van der Waals surface area contributed by atoms with Gasteiger partial charge in [-0.05, 0) is 62.6 Å². The van der Waals surface area contributed by atoms with E-state index in [9.17, 15) is 9.59 Å². The van der Waals surface area contributed by atoms with Gasteiger partial charge in [0, 0.05) is 0 Å². The Kier molecular flexibility index (Phi) is 6.57. The molecule has 1 amide bonds. The molecule has 28 heavy (non-hydrogen) atoms. The van der Waals surface area contributed by atoms with E-state index in [1.54, 1.807) is 14.0 Å². The van der Waals surface area contributed by atoms with Gasteiger partial charge < -0.3 is 24.6 Å². The normalized spacial score (nSPS) is 27.6. The molecule has 1 aliphatic carbocycles. The van der Waals surface area contributed by atoms with Crippen LogP contribution >= 0.6 is 0 Å². The first-order valence-electron chi connectivity index (χ1n) is 9.82. The van der Waals surface area contributed by atoms with Gasteiger partial charge in [0.1, 0.15) is 11.4 Å². The lowest BCUT2D eigenvalue weighted by Gasteiger charge is -2.31. The summed E-state index contributed by atoms with van der Waals surface area (Å²) in [7, 11) is 1.64. The third-order valence-electron chi connectivity index (χ3n) is 5.72. The van der Waals surface area contributed by atoms with E-state index >= 15 is 0 Å². The maximum atomic E-state index is 12.5. The average Bonchev–Trinajstić information content (AvgIpc) is 3.45. The van der Waals surface area contributed by atoms with Gasteiger partial charge >= 0.3 is 6.09 Å². The molecule has 7 nitrogen and oxygen atoms in total. The maximum absolute atomic E-state index is 12.5. The van der Waals surface area contributed by atoms with Gasteiger partial charge in [-0.2, -0.15) is 0 Å². The summed E-state index contributed by atoms with van der Waals surface area (Å²) in [5.74, 6) is 0.977. The van der Waals surface area contributed by atoms with Crippen LogP contribution in [0.2, 0.25) is 0 Å². The van der Waals surface area contributed by atoms with E-state index in [0.29, 0.717) is 25.6 Å². The number of carboxylic acid groups (broad SMARTS) is 1. The Bertz CT molecular complexity index is 677. The Morgan fingerprint density at radius 3 is 2.43 bits per heavy atom. The summed E-state index contributed by atoms with van der Waals surface area (Å²) in [5, 5.41) is 11.5. The number of nitrogens with one attached hydrogen (secondary N) is 1. The third kappa shape index (κ3) is 5.45. The van der Waals surface area contributed by atoms with Crippen molar-refractivity contribution in [3.05, 3.63) is 29.8 Å². The number of Topliss-reactive ketones (excluding diaryl/α,β-unsaturated/α-hetero) is 1. The fourth-order valence-electron chi connectivity index (χ4n) is 3.80. The van der Waals surface area contributed by atoms with Gasteiger partial charge in [0.15, 0.2) is 5.78 Å². The molecule has 3 rings (SSSR count). The highest BCUT2D eigenvalue weighted by molar-refractivity contribution is 5.95. The average molecular weight is 391 g/mol. The van der Waals surface area contributed by atoms with Crippen LogP contribution < -0.4 is 10.1 Å². The Morgan fingerprint density at radius 2 is 1.89 bits per heavy atom. The summed E-state index contributed by atoms with van der Waals surface area (Å²) in [5.41, 5.74) is 0.295. The summed E-state index contributed by atoms with van der Waals surface area (Å²) >= 11 is 0. The lowest BCUT2D eigenvalue weighted by molar-refractivity contribution is -0.126. The second-order valence-corrected chi connectivity index (χ2v) is 7.92. The molecule has 1 aromatic carbocycles. The molecule has 2 atom stereocenters. The number of carbonyl (C=O) groups is 2. The van der Waals surface area contributed by atoms with E-state index in [4.69, 9.17) is 19.3 Å². The quantitative estimate of drug-likeness (QED) is 0.628. The molecule has 0 aromatic heterocycles. The van der Waals surface area contributed by atoms with E-state index in [-0.39, 0.29) is 11.9 Å². The third-order valence-corrected chi connectivity index (χ3v) is 5.72. The number of ketones is 1. The fourth-order valence-corrected chi connectivity index (χ4v) is 3.80. The van der Waals surface area contributed by atoms with Crippen molar-refractivity contribution in [1.82, 2.24) is 5.32 Å². The van der Waals surface area contributed by atoms with Crippen LogP contribution in [0, 0.1) is 5.92 Å². The zero-order valence-electron chi connectivity index (χ0n) is 16.5. The summed E-state index contributed by atoms with van der Waals surface area (Å²) in [6, 6.07) is 7.14. The number of carbonyl (C=O) groups excluding carboxylic acids is 1. The SMILES string of the molecule is COc1ccc(COC2CCC(CC(NC(=O)O)C(=O)C3(C)CO3)CC2)cc1. The summed E-state index contributed by atoms with van der Waals surface area (Å²) in [6.07, 6.45) is 3.25. The Balaban J connectivity index is 1.44. The Hall–Kier alpha value is -2.12. The van der Waals surface area contributed by atoms with Gasteiger partial charge in [0.25, 0.3) is 0 Å². The van der Waals surface area contributed by atoms with E-state index in [1.807, 2.05) is 24.3 Å². The molecule has 1 heterocycles. The molecule has 1 aromatic rings. The number of benzene rings is 1. The predicted octanol–water partition coefficient (Wildman–Crippen LogP) is 3.15. The van der Waals surface area contributed by atoms with Crippen LogP contribution in [0.25, 0.3) is 0 Å². The van der Waals surface area contributed by atoms with Gasteiger partial charge in [-0.25, -0.2) is 4.79 Å². The standard InChI is InChI=1S/C21H29NO6/c1-21(13-28-21)19(23)18(22-20(24)25)11-14-3-9-17(10-4-14)27-12-15-5-7-16(26-2)8-6-15/h5-8,14,17-18,22H,3-4,9-13H2,1-2H3,(H,24,25). The number of ether oxygens (including phenoxy) is 3. The lowest BCUT2D eigenvalue weighted by Crippen LogP contribution is -2.47. The van der Waals surface area contributed by atoms with Crippen molar-refractivity contribution in [3.8, 4) is 5.75 Å². The summed E-state index contributed by atoms with van der Waals surface area (Å²) in [6.45, 7) is 2.65. The molecule has 0 spiro atoms. The van der Waals surface area contributed by atoms with E-state index in [1.165, 1.54) is 0 Å². The molecule has 2 fully saturated rings. The largest absolute Gasteiger partial charge is 0.497 e. The smallest absolute Gasteiger partial charge is 0.405 e. The van der Waals surface area contributed by atoms with Crippen LogP contribution in [-0.4, -0.2) is 48.4 Å². The van der Waals surface area contributed by atoms with Crippen molar-refractivity contribution >= 4 is 11.9 Å². The highest BCUT2D eigenvalue weighted by Gasteiger charge is 2.50. The molecular weight excluding hydrogens is 362 g/mol. The summed E-state index contributed by atoms with van der Waals surface area (Å²) in [4.78, 5) is 23.6. The highest BCUT2D eigenvalue weighted by Crippen LogP contribution is 2.34. The van der Waals surface area contributed by atoms with Crippen LogP contribution in [0.1, 0.15) is 44.6 Å². The van der Waals surface area contributed by atoms with E-state index < -0.39 is 17.7 Å². The first kappa shape index (κ1) is 20.6.